The lowest BCUT2D eigenvalue weighted by Crippen LogP contribution is -2.36. The molecule has 4 rings (SSSR count). The van der Waals surface area contributed by atoms with Crippen molar-refractivity contribution in [2.45, 2.75) is 42.5 Å². The first-order chi connectivity index (χ1) is 16.3. The minimum absolute atomic E-state index is 0.0173. The molecule has 0 atom stereocenters. The lowest BCUT2D eigenvalue weighted by molar-refractivity contribution is 0.0928. The van der Waals surface area contributed by atoms with Crippen LogP contribution in [0.3, 0.4) is 0 Å². The van der Waals surface area contributed by atoms with E-state index in [1.54, 1.807) is 30.3 Å². The Kier molecular flexibility index (Phi) is 7.44. The highest BCUT2D eigenvalue weighted by atomic mass is 35.5. The van der Waals surface area contributed by atoms with Gasteiger partial charge >= 0.3 is 0 Å². The zero-order chi connectivity index (χ0) is 24.1. The molecule has 9 nitrogen and oxygen atoms in total. The molecule has 0 spiro atoms. The molecule has 1 aromatic heterocycles. The number of hydrogen-bond donors (Lipinski definition) is 3. The Balaban J connectivity index is 1.46. The highest BCUT2D eigenvalue weighted by molar-refractivity contribution is 7.94. The molecule has 0 radical (unpaired) electrons. The van der Waals surface area contributed by atoms with Gasteiger partial charge in [0.25, 0.3) is 26.2 Å². The molecule has 2 amide bonds. The molecule has 2 aromatic carbocycles. The molecule has 1 aliphatic carbocycles. The van der Waals surface area contributed by atoms with Crippen molar-refractivity contribution in [2.75, 3.05) is 10.0 Å². The fourth-order valence-corrected chi connectivity index (χ4v) is 5.71. The zero-order valence-corrected chi connectivity index (χ0v) is 20.3. The van der Waals surface area contributed by atoms with Crippen molar-refractivity contribution < 1.29 is 18.0 Å². The number of hydrogen-bond acceptors (Lipinski definition) is 7. The average molecular weight is 520 g/mol. The summed E-state index contributed by atoms with van der Waals surface area (Å²) in [4.78, 5) is 25.1. The summed E-state index contributed by atoms with van der Waals surface area (Å²) in [7, 11) is -4.14. The van der Waals surface area contributed by atoms with Crippen LogP contribution in [0.1, 0.15) is 52.8 Å². The molecule has 1 fully saturated rings. The fourth-order valence-electron chi connectivity index (χ4n) is 3.61. The van der Waals surface area contributed by atoms with Crippen molar-refractivity contribution in [2.24, 2.45) is 0 Å². The van der Waals surface area contributed by atoms with E-state index in [9.17, 15) is 18.0 Å². The first-order valence-corrected chi connectivity index (χ1v) is 13.3. The molecule has 0 bridgehead atoms. The number of carbonyl (C=O) groups is 2. The molecule has 0 aliphatic heterocycles. The predicted molar refractivity (Wildman–Crippen MR) is 131 cm³/mol. The van der Waals surface area contributed by atoms with E-state index in [4.69, 9.17) is 11.6 Å². The standard InChI is InChI=1S/C22H22ClN5O4S2/c23-15-12-10-14(11-13-15)19(29)25-21-26-27-22(33-21)34(31,32)28-18-9-5-4-8-17(18)20(30)24-16-6-2-1-3-7-16/h4-5,8-13,16,28H,1-3,6-7H2,(H,24,30)(H,25,26,29). The topological polar surface area (TPSA) is 130 Å². The first kappa shape index (κ1) is 24.1. The molecular weight excluding hydrogens is 498 g/mol. The maximum atomic E-state index is 12.9. The van der Waals surface area contributed by atoms with Gasteiger partial charge in [0.15, 0.2) is 0 Å². The van der Waals surface area contributed by atoms with Crippen LogP contribution in [-0.2, 0) is 10.0 Å². The Morgan fingerprint density at radius 1 is 0.941 bits per heavy atom. The summed E-state index contributed by atoms with van der Waals surface area (Å²) < 4.78 is 27.9. The number of halogens is 1. The van der Waals surface area contributed by atoms with E-state index in [-0.39, 0.29) is 32.7 Å². The van der Waals surface area contributed by atoms with Gasteiger partial charge in [0, 0.05) is 16.6 Å². The largest absolute Gasteiger partial charge is 0.349 e. The Hall–Kier alpha value is -3.02. The second-order valence-corrected chi connectivity index (χ2v) is 11.1. The van der Waals surface area contributed by atoms with Gasteiger partial charge in [-0.1, -0.05) is 54.3 Å². The normalized spacial score (nSPS) is 14.4. The van der Waals surface area contributed by atoms with E-state index in [1.165, 1.54) is 18.2 Å². The average Bonchev–Trinajstić information content (AvgIpc) is 3.30. The van der Waals surface area contributed by atoms with Gasteiger partial charge in [-0.15, -0.1) is 10.2 Å². The second kappa shape index (κ2) is 10.5. The number of nitrogens with zero attached hydrogens (tertiary/aromatic N) is 2. The number of sulfonamides is 1. The summed E-state index contributed by atoms with van der Waals surface area (Å²) in [6.45, 7) is 0. The van der Waals surface area contributed by atoms with E-state index in [1.807, 2.05) is 0 Å². The summed E-state index contributed by atoms with van der Waals surface area (Å²) in [6, 6.07) is 12.7. The van der Waals surface area contributed by atoms with Crippen molar-refractivity contribution >= 4 is 55.6 Å². The van der Waals surface area contributed by atoms with Crippen LogP contribution >= 0.6 is 22.9 Å². The van der Waals surface area contributed by atoms with Gasteiger partial charge in [0.2, 0.25) is 5.13 Å². The highest BCUT2D eigenvalue weighted by Crippen LogP contribution is 2.25. The van der Waals surface area contributed by atoms with E-state index in [0.29, 0.717) is 21.9 Å². The maximum absolute atomic E-state index is 12.9. The van der Waals surface area contributed by atoms with Gasteiger partial charge < -0.3 is 5.32 Å². The molecule has 178 valence electrons. The van der Waals surface area contributed by atoms with Gasteiger partial charge in [0.05, 0.1) is 11.3 Å². The van der Waals surface area contributed by atoms with Crippen molar-refractivity contribution in [1.82, 2.24) is 15.5 Å². The number of aromatic nitrogens is 2. The van der Waals surface area contributed by atoms with Crippen LogP contribution in [-0.4, -0.2) is 36.5 Å². The summed E-state index contributed by atoms with van der Waals surface area (Å²) >= 11 is 6.52. The van der Waals surface area contributed by atoms with Crippen LogP contribution in [0, 0.1) is 0 Å². The quantitative estimate of drug-likeness (QED) is 0.399. The molecule has 12 heteroatoms. The van der Waals surface area contributed by atoms with Crippen LogP contribution in [0.5, 0.6) is 0 Å². The number of rotatable bonds is 7. The first-order valence-electron chi connectivity index (χ1n) is 10.6. The van der Waals surface area contributed by atoms with Gasteiger partial charge in [-0.2, -0.15) is 8.42 Å². The molecular formula is C22H22ClN5O4S2. The minimum atomic E-state index is -4.14. The fraction of sp³-hybridized carbons (Fsp3) is 0.273. The van der Waals surface area contributed by atoms with Crippen molar-refractivity contribution in [3.8, 4) is 0 Å². The predicted octanol–water partition coefficient (Wildman–Crippen LogP) is 4.31. The van der Waals surface area contributed by atoms with Crippen LogP contribution in [0.25, 0.3) is 0 Å². The number of para-hydroxylation sites is 1. The highest BCUT2D eigenvalue weighted by Gasteiger charge is 2.24. The molecule has 3 N–H and O–H groups in total. The molecule has 1 aliphatic rings. The monoisotopic (exact) mass is 519 g/mol. The summed E-state index contributed by atoms with van der Waals surface area (Å²) in [5.74, 6) is -0.812. The lowest BCUT2D eigenvalue weighted by Gasteiger charge is -2.23. The number of benzene rings is 2. The molecule has 0 saturated heterocycles. The Bertz CT molecular complexity index is 1290. The van der Waals surface area contributed by atoms with Gasteiger partial charge in [-0.25, -0.2) is 0 Å². The molecule has 1 heterocycles. The Labute approximate surface area is 206 Å². The molecule has 34 heavy (non-hydrogen) atoms. The van der Waals surface area contributed by atoms with Crippen LogP contribution in [0.15, 0.2) is 52.9 Å². The van der Waals surface area contributed by atoms with Crippen LogP contribution in [0.2, 0.25) is 5.02 Å². The van der Waals surface area contributed by atoms with Crippen molar-refractivity contribution in [3.05, 3.63) is 64.7 Å². The minimum Gasteiger partial charge on any atom is -0.349 e. The molecule has 0 unspecified atom stereocenters. The van der Waals surface area contributed by atoms with Crippen molar-refractivity contribution in [3.63, 3.8) is 0 Å². The third kappa shape index (κ3) is 5.91. The number of amides is 2. The van der Waals surface area contributed by atoms with Gasteiger partial charge in [0.1, 0.15) is 0 Å². The Morgan fingerprint density at radius 2 is 1.65 bits per heavy atom. The van der Waals surface area contributed by atoms with E-state index in [0.717, 1.165) is 32.1 Å². The maximum Gasteiger partial charge on any atom is 0.291 e. The van der Waals surface area contributed by atoms with Crippen molar-refractivity contribution in [1.29, 1.82) is 0 Å². The summed E-state index contributed by atoms with van der Waals surface area (Å²) in [5.41, 5.74) is 0.690. The zero-order valence-electron chi connectivity index (χ0n) is 18.0. The van der Waals surface area contributed by atoms with Gasteiger partial charge in [-0.3, -0.25) is 19.6 Å². The smallest absolute Gasteiger partial charge is 0.291 e. The molecule has 3 aromatic rings. The summed E-state index contributed by atoms with van der Waals surface area (Å²) in [5, 5.41) is 13.5. The third-order valence-electron chi connectivity index (χ3n) is 5.32. The Morgan fingerprint density at radius 3 is 2.38 bits per heavy atom. The lowest BCUT2D eigenvalue weighted by atomic mass is 9.95. The van der Waals surface area contributed by atoms with E-state index >= 15 is 0 Å². The molecule has 1 saturated carbocycles. The van der Waals surface area contributed by atoms with Gasteiger partial charge in [-0.05, 0) is 49.2 Å². The SMILES string of the molecule is O=C(Nc1nnc(S(=O)(=O)Nc2ccccc2C(=O)NC2CCCCC2)s1)c1ccc(Cl)cc1. The van der Waals surface area contributed by atoms with Crippen LogP contribution in [0.4, 0.5) is 10.8 Å². The number of carbonyl (C=O) groups excluding carboxylic acids is 2. The van der Waals surface area contributed by atoms with E-state index in [2.05, 4.69) is 25.6 Å². The van der Waals surface area contributed by atoms with Crippen LogP contribution < -0.4 is 15.4 Å². The number of nitrogens with one attached hydrogen (secondary N) is 3. The van der Waals surface area contributed by atoms with E-state index < -0.39 is 15.9 Å². The number of anilines is 2. The summed E-state index contributed by atoms with van der Waals surface area (Å²) in [6.07, 6.45) is 5.11. The third-order valence-corrected chi connectivity index (χ3v) is 8.14. The second-order valence-electron chi connectivity index (χ2n) is 7.79.